The summed E-state index contributed by atoms with van der Waals surface area (Å²) in [6, 6.07) is 3.77. The zero-order chi connectivity index (χ0) is 14.8. The fraction of sp³-hybridized carbons (Fsp3) is 0.462. The van der Waals surface area contributed by atoms with Crippen LogP contribution in [0.2, 0.25) is 0 Å². The van der Waals surface area contributed by atoms with E-state index in [9.17, 15) is 8.42 Å². The summed E-state index contributed by atoms with van der Waals surface area (Å²) in [5, 5.41) is 0. The lowest BCUT2D eigenvalue weighted by molar-refractivity contribution is 0.588. The van der Waals surface area contributed by atoms with Crippen LogP contribution < -0.4 is 5.73 Å². The van der Waals surface area contributed by atoms with Gasteiger partial charge >= 0.3 is 0 Å². The quantitative estimate of drug-likeness (QED) is 0.855. The van der Waals surface area contributed by atoms with Gasteiger partial charge in [-0.3, -0.25) is 0 Å². The first-order chi connectivity index (χ1) is 9.39. The normalized spacial score (nSPS) is 13.6. The lowest BCUT2D eigenvalue weighted by Gasteiger charge is -2.07. The molecule has 110 valence electrons. The van der Waals surface area contributed by atoms with Crippen LogP contribution in [0, 0.1) is 0 Å². The molecule has 0 aliphatic rings. The van der Waals surface area contributed by atoms with Crippen molar-refractivity contribution in [2.24, 2.45) is 5.73 Å². The van der Waals surface area contributed by atoms with Crippen LogP contribution in [-0.2, 0) is 16.3 Å². The lowest BCUT2D eigenvalue weighted by Crippen LogP contribution is -2.16. The van der Waals surface area contributed by atoms with E-state index in [0.717, 1.165) is 17.0 Å². The molecule has 3 N–H and O–H groups in total. The van der Waals surface area contributed by atoms with E-state index in [4.69, 9.17) is 5.73 Å². The van der Waals surface area contributed by atoms with E-state index in [-0.39, 0.29) is 11.8 Å². The molecule has 5 nitrogen and oxygen atoms in total. The predicted molar refractivity (Wildman–Crippen MR) is 82.5 cm³/mol. The molecule has 7 heteroatoms. The van der Waals surface area contributed by atoms with Crippen LogP contribution in [0.5, 0.6) is 0 Å². The van der Waals surface area contributed by atoms with E-state index >= 15 is 0 Å². The number of aromatic nitrogens is 2. The molecule has 0 aliphatic heterocycles. The van der Waals surface area contributed by atoms with Gasteiger partial charge in [0.15, 0.2) is 0 Å². The van der Waals surface area contributed by atoms with Gasteiger partial charge in [-0.25, -0.2) is 13.4 Å². The molecule has 0 bridgehead atoms. The van der Waals surface area contributed by atoms with E-state index in [1.807, 2.05) is 0 Å². The predicted octanol–water partition coefficient (Wildman–Crippen LogP) is 2.14. The molecular formula is C13H19N3O2S2. The highest BCUT2D eigenvalue weighted by molar-refractivity contribution is 7.90. The smallest absolute Gasteiger partial charge is 0.147 e. The van der Waals surface area contributed by atoms with Gasteiger partial charge in [0.25, 0.3) is 0 Å². The molecule has 0 aliphatic carbocycles. The number of H-pyrrole nitrogens is 1. The molecule has 2 aromatic rings. The zero-order valence-electron chi connectivity index (χ0n) is 11.6. The number of thiophene rings is 1. The molecule has 0 radical (unpaired) electrons. The van der Waals surface area contributed by atoms with Gasteiger partial charge in [0, 0.05) is 11.1 Å². The average Bonchev–Trinajstić information content (AvgIpc) is 3.02. The molecule has 2 aromatic heterocycles. The number of imidazole rings is 1. The van der Waals surface area contributed by atoms with Crippen molar-refractivity contribution in [2.45, 2.75) is 25.8 Å². The molecule has 0 amide bonds. The molecule has 2 heterocycles. The fourth-order valence-corrected chi connectivity index (χ4v) is 3.44. The minimum atomic E-state index is -2.99. The lowest BCUT2D eigenvalue weighted by atomic mass is 10.2. The van der Waals surface area contributed by atoms with Gasteiger partial charge in [-0.2, -0.15) is 0 Å². The number of hydrogen-bond donors (Lipinski definition) is 2. The molecule has 0 saturated heterocycles. The maximum absolute atomic E-state index is 11.1. The monoisotopic (exact) mass is 313 g/mol. The van der Waals surface area contributed by atoms with Crippen molar-refractivity contribution in [1.82, 2.24) is 9.97 Å². The Hall–Kier alpha value is -1.18. The third kappa shape index (κ3) is 3.91. The topological polar surface area (TPSA) is 88.8 Å². The Balaban J connectivity index is 2.08. The minimum absolute atomic E-state index is 0.0726. The van der Waals surface area contributed by atoms with E-state index in [2.05, 4.69) is 29.0 Å². The second-order valence-corrected chi connectivity index (χ2v) is 8.25. The molecule has 0 saturated carbocycles. The molecule has 1 unspecified atom stereocenters. The standard InChI is InChI=1S/C13H19N3O2S2/c1-3-9-4-5-12(19-9)11-8-15-13(16-11)10(14)6-7-20(2,17)18/h4-5,8,10H,3,6-7,14H2,1-2H3,(H,15,16). The number of nitrogens with two attached hydrogens (primary N) is 1. The van der Waals surface area contributed by atoms with Crippen LogP contribution >= 0.6 is 11.3 Å². The van der Waals surface area contributed by atoms with Gasteiger partial charge in [0.2, 0.25) is 0 Å². The maximum Gasteiger partial charge on any atom is 0.147 e. The van der Waals surface area contributed by atoms with Crippen molar-refractivity contribution in [3.63, 3.8) is 0 Å². The SMILES string of the molecule is CCc1ccc(-c2cnc(C(N)CCS(C)(=O)=O)[nH]2)s1. The highest BCUT2D eigenvalue weighted by Gasteiger charge is 2.14. The first kappa shape index (κ1) is 15.2. The summed E-state index contributed by atoms with van der Waals surface area (Å²) < 4.78 is 22.3. The van der Waals surface area contributed by atoms with Crippen LogP contribution in [0.15, 0.2) is 18.3 Å². The minimum Gasteiger partial charge on any atom is -0.340 e. The Bertz CT molecular complexity index is 673. The van der Waals surface area contributed by atoms with Gasteiger partial charge in [-0.05, 0) is 25.0 Å². The second kappa shape index (κ2) is 6.07. The largest absolute Gasteiger partial charge is 0.340 e. The molecule has 20 heavy (non-hydrogen) atoms. The van der Waals surface area contributed by atoms with Crippen molar-refractivity contribution < 1.29 is 8.42 Å². The van der Waals surface area contributed by atoms with Gasteiger partial charge in [0.1, 0.15) is 15.7 Å². The average molecular weight is 313 g/mol. The highest BCUT2D eigenvalue weighted by Crippen LogP contribution is 2.27. The Labute approximate surface area is 123 Å². The van der Waals surface area contributed by atoms with Crippen LogP contribution in [0.4, 0.5) is 0 Å². The van der Waals surface area contributed by atoms with E-state index in [1.54, 1.807) is 17.5 Å². The van der Waals surface area contributed by atoms with Gasteiger partial charge in [0.05, 0.1) is 28.6 Å². The summed E-state index contributed by atoms with van der Waals surface area (Å²) in [6.45, 7) is 2.12. The van der Waals surface area contributed by atoms with Crippen molar-refractivity contribution in [3.8, 4) is 10.6 Å². The Kier molecular flexibility index (Phi) is 4.62. The van der Waals surface area contributed by atoms with Gasteiger partial charge in [-0.1, -0.05) is 6.92 Å². The van der Waals surface area contributed by atoms with Gasteiger partial charge < -0.3 is 10.7 Å². The van der Waals surface area contributed by atoms with Crippen molar-refractivity contribution in [2.75, 3.05) is 12.0 Å². The van der Waals surface area contributed by atoms with Crippen LogP contribution in [-0.4, -0.2) is 30.4 Å². The molecule has 0 spiro atoms. The Morgan fingerprint density at radius 2 is 2.20 bits per heavy atom. The summed E-state index contributed by atoms with van der Waals surface area (Å²) in [7, 11) is -2.99. The van der Waals surface area contributed by atoms with E-state index < -0.39 is 9.84 Å². The number of rotatable bonds is 6. The molecular weight excluding hydrogens is 294 g/mol. The number of sulfone groups is 1. The first-order valence-electron chi connectivity index (χ1n) is 6.46. The summed E-state index contributed by atoms with van der Waals surface area (Å²) in [4.78, 5) is 9.88. The van der Waals surface area contributed by atoms with Crippen LogP contribution in [0.3, 0.4) is 0 Å². The number of aromatic amines is 1. The molecule has 0 fully saturated rings. The fourth-order valence-electron chi connectivity index (χ4n) is 1.84. The van der Waals surface area contributed by atoms with E-state index in [0.29, 0.717) is 12.2 Å². The zero-order valence-corrected chi connectivity index (χ0v) is 13.2. The number of aryl methyl sites for hydroxylation is 1. The number of hydrogen-bond acceptors (Lipinski definition) is 5. The number of nitrogens with zero attached hydrogens (tertiary/aromatic N) is 1. The van der Waals surface area contributed by atoms with Crippen molar-refractivity contribution in [1.29, 1.82) is 0 Å². The van der Waals surface area contributed by atoms with E-state index in [1.165, 1.54) is 11.1 Å². The Morgan fingerprint density at radius 3 is 2.80 bits per heavy atom. The maximum atomic E-state index is 11.1. The summed E-state index contributed by atoms with van der Waals surface area (Å²) >= 11 is 1.72. The Morgan fingerprint density at radius 1 is 1.45 bits per heavy atom. The van der Waals surface area contributed by atoms with Crippen molar-refractivity contribution >= 4 is 21.2 Å². The van der Waals surface area contributed by atoms with Gasteiger partial charge in [-0.15, -0.1) is 11.3 Å². The summed E-state index contributed by atoms with van der Waals surface area (Å²) in [5.74, 6) is 0.707. The van der Waals surface area contributed by atoms with Crippen LogP contribution in [0.1, 0.15) is 30.1 Å². The molecule has 2 rings (SSSR count). The number of nitrogens with one attached hydrogen (secondary N) is 1. The van der Waals surface area contributed by atoms with Crippen molar-refractivity contribution in [3.05, 3.63) is 29.0 Å². The van der Waals surface area contributed by atoms with Crippen LogP contribution in [0.25, 0.3) is 10.6 Å². The molecule has 0 aromatic carbocycles. The highest BCUT2D eigenvalue weighted by atomic mass is 32.2. The third-order valence-electron chi connectivity index (χ3n) is 3.02. The second-order valence-electron chi connectivity index (χ2n) is 4.83. The summed E-state index contributed by atoms with van der Waals surface area (Å²) in [6.07, 6.45) is 4.35. The third-order valence-corrected chi connectivity index (χ3v) is 5.26. The molecule has 1 atom stereocenters. The first-order valence-corrected chi connectivity index (χ1v) is 9.34. The summed E-state index contributed by atoms with van der Waals surface area (Å²) in [5.41, 5.74) is 6.90.